The molecule has 0 heterocycles. The Morgan fingerprint density at radius 3 is 1.18 bits per heavy atom. The Balaban J connectivity index is 4.22. The van der Waals surface area contributed by atoms with Crippen LogP contribution in [0, 0.1) is 0 Å². The van der Waals surface area contributed by atoms with Crippen LogP contribution in [-0.2, 0) is 14.4 Å². The number of carboxylic acid groups (broad SMARTS) is 1. The van der Waals surface area contributed by atoms with Gasteiger partial charge in [0.15, 0.2) is 0 Å². The van der Waals surface area contributed by atoms with Crippen LogP contribution in [0.1, 0.15) is 213 Å². The number of nitrogens with one attached hydrogen (secondary N) is 1. The summed E-state index contributed by atoms with van der Waals surface area (Å²) in [7, 11) is 0. The third-order valence-corrected chi connectivity index (χ3v) is 9.20. The number of carbonyl (C=O) groups is 3. The van der Waals surface area contributed by atoms with Crippen LogP contribution in [0.3, 0.4) is 0 Å². The van der Waals surface area contributed by atoms with Crippen molar-refractivity contribution in [2.45, 2.75) is 219 Å². The zero-order chi connectivity index (χ0) is 33.2. The fraction of sp³-hybridized carbons (Fsp3) is 0.923. The average molecular weight is 637 g/mol. The zero-order valence-corrected chi connectivity index (χ0v) is 30.3. The lowest BCUT2D eigenvalue weighted by Gasteiger charge is -2.24. The summed E-state index contributed by atoms with van der Waals surface area (Å²) in [6.45, 7) is 8.21. The van der Waals surface area contributed by atoms with Crippen LogP contribution in [0.5, 0.6) is 0 Å². The van der Waals surface area contributed by atoms with Gasteiger partial charge >= 0.3 is 5.97 Å². The first kappa shape index (κ1) is 43.4. The molecule has 0 aliphatic carbocycles. The van der Waals surface area contributed by atoms with Crippen molar-refractivity contribution in [3.63, 3.8) is 0 Å². The van der Waals surface area contributed by atoms with Crippen molar-refractivity contribution in [2.75, 3.05) is 13.1 Å². The van der Waals surface area contributed by atoms with E-state index in [1.54, 1.807) is 0 Å². The van der Waals surface area contributed by atoms with Crippen molar-refractivity contribution < 1.29 is 19.5 Å². The molecule has 0 spiro atoms. The van der Waals surface area contributed by atoms with Gasteiger partial charge in [-0.25, -0.2) is 4.79 Å². The monoisotopic (exact) mass is 637 g/mol. The van der Waals surface area contributed by atoms with E-state index in [0.717, 1.165) is 58.0 Å². The number of carbonyl (C=O) groups excluding carboxylic acids is 2. The number of rotatable bonds is 35. The van der Waals surface area contributed by atoms with Crippen molar-refractivity contribution in [2.24, 2.45) is 0 Å². The summed E-state index contributed by atoms with van der Waals surface area (Å²) in [4.78, 5) is 39.5. The molecule has 0 radical (unpaired) electrons. The van der Waals surface area contributed by atoms with Gasteiger partial charge in [-0.3, -0.25) is 9.59 Å². The molecule has 0 aromatic heterocycles. The van der Waals surface area contributed by atoms with E-state index >= 15 is 0 Å². The minimum Gasteiger partial charge on any atom is -0.480 e. The first-order valence-electron chi connectivity index (χ1n) is 19.8. The largest absolute Gasteiger partial charge is 0.480 e. The van der Waals surface area contributed by atoms with Crippen LogP contribution in [0.25, 0.3) is 0 Å². The Hall–Kier alpha value is -1.59. The molecule has 1 atom stereocenters. The van der Waals surface area contributed by atoms with Gasteiger partial charge in [-0.05, 0) is 25.7 Å². The molecular formula is C39H76N2O4. The van der Waals surface area contributed by atoms with Crippen molar-refractivity contribution in [1.82, 2.24) is 10.2 Å². The van der Waals surface area contributed by atoms with E-state index in [4.69, 9.17) is 0 Å². The molecule has 0 rings (SSSR count). The number of nitrogens with zero attached hydrogens (tertiary/aromatic N) is 1. The Labute approximate surface area is 279 Å². The van der Waals surface area contributed by atoms with E-state index in [1.807, 2.05) is 4.90 Å². The molecule has 0 fully saturated rings. The lowest BCUT2D eigenvalue weighted by atomic mass is 10.0. The number of hydrogen-bond donors (Lipinski definition) is 2. The molecule has 0 bridgehead atoms. The molecule has 0 aromatic rings. The normalized spacial score (nSPS) is 11.9. The summed E-state index contributed by atoms with van der Waals surface area (Å²) in [6, 6.07) is -0.997. The Kier molecular flexibility index (Phi) is 32.6. The molecule has 0 aliphatic rings. The molecule has 45 heavy (non-hydrogen) atoms. The van der Waals surface area contributed by atoms with Crippen LogP contribution in [0.2, 0.25) is 0 Å². The van der Waals surface area contributed by atoms with Gasteiger partial charge in [-0.1, -0.05) is 175 Å². The van der Waals surface area contributed by atoms with E-state index in [-0.39, 0.29) is 24.7 Å². The minimum atomic E-state index is -1.05. The maximum absolute atomic E-state index is 13.1. The van der Waals surface area contributed by atoms with Gasteiger partial charge in [0.05, 0.1) is 0 Å². The molecule has 6 heteroatoms. The van der Waals surface area contributed by atoms with Crippen LogP contribution in [0.15, 0.2) is 0 Å². The summed E-state index contributed by atoms with van der Waals surface area (Å²) in [5, 5.41) is 12.4. The van der Waals surface area contributed by atoms with Gasteiger partial charge < -0.3 is 15.3 Å². The van der Waals surface area contributed by atoms with E-state index in [9.17, 15) is 19.5 Å². The lowest BCUT2D eigenvalue weighted by molar-refractivity contribution is -0.142. The van der Waals surface area contributed by atoms with Crippen molar-refractivity contribution >= 4 is 17.8 Å². The smallest absolute Gasteiger partial charge is 0.326 e. The van der Waals surface area contributed by atoms with Gasteiger partial charge in [0.1, 0.15) is 6.04 Å². The van der Waals surface area contributed by atoms with Gasteiger partial charge in [0.25, 0.3) is 0 Å². The zero-order valence-electron chi connectivity index (χ0n) is 30.3. The van der Waals surface area contributed by atoms with Crippen molar-refractivity contribution in [1.29, 1.82) is 0 Å². The van der Waals surface area contributed by atoms with Crippen LogP contribution in [0.4, 0.5) is 0 Å². The molecule has 6 nitrogen and oxygen atoms in total. The second-order valence-electron chi connectivity index (χ2n) is 13.6. The second kappa shape index (κ2) is 33.8. The predicted molar refractivity (Wildman–Crippen MR) is 192 cm³/mol. The van der Waals surface area contributed by atoms with Crippen LogP contribution < -0.4 is 5.32 Å². The van der Waals surface area contributed by atoms with Gasteiger partial charge in [-0.15, -0.1) is 0 Å². The first-order chi connectivity index (χ1) is 22.0. The molecule has 2 amide bonds. The average Bonchev–Trinajstić information content (AvgIpc) is 3.03. The second-order valence-corrected chi connectivity index (χ2v) is 13.6. The lowest BCUT2D eigenvalue weighted by Crippen LogP contribution is -2.42. The van der Waals surface area contributed by atoms with E-state index in [2.05, 4.69) is 26.1 Å². The molecule has 266 valence electrons. The first-order valence-corrected chi connectivity index (χ1v) is 19.8. The number of amides is 2. The molecule has 0 aliphatic heterocycles. The molecule has 2 N–H and O–H groups in total. The molecular weight excluding hydrogens is 560 g/mol. The topological polar surface area (TPSA) is 86.7 Å². The predicted octanol–water partition coefficient (Wildman–Crippen LogP) is 11.1. The third-order valence-electron chi connectivity index (χ3n) is 9.20. The third kappa shape index (κ3) is 29.6. The summed E-state index contributed by atoms with van der Waals surface area (Å²) in [5.41, 5.74) is 0. The summed E-state index contributed by atoms with van der Waals surface area (Å²) >= 11 is 0. The number of hydrogen-bond acceptors (Lipinski definition) is 3. The standard InChI is InChI=1S/C39H76N2O4/c1-4-7-10-13-16-17-18-19-20-21-22-23-24-25-28-31-37(42)40-36(39(44)45)32-33-38(43)41(34-29-26-14-11-8-5-2)35-30-27-15-12-9-6-3/h36H,4-35H2,1-3H3,(H,40,42)(H,44,45)/t36-/m0/s1. The fourth-order valence-electron chi connectivity index (χ4n) is 6.13. The van der Waals surface area contributed by atoms with Crippen LogP contribution >= 0.6 is 0 Å². The molecule has 0 saturated heterocycles. The molecule has 0 unspecified atom stereocenters. The van der Waals surface area contributed by atoms with Crippen LogP contribution in [-0.4, -0.2) is 46.9 Å². The van der Waals surface area contributed by atoms with E-state index < -0.39 is 12.0 Å². The van der Waals surface area contributed by atoms with Crippen molar-refractivity contribution in [3.8, 4) is 0 Å². The SMILES string of the molecule is CCCCCCCCCCCCCCCCCC(=O)N[C@@H](CCC(=O)N(CCCCCCCC)CCCCCCCC)C(=O)O. The van der Waals surface area contributed by atoms with E-state index in [0.29, 0.717) is 6.42 Å². The molecule has 0 aromatic carbocycles. The summed E-state index contributed by atoms with van der Waals surface area (Å²) in [6.07, 6.45) is 34.0. The Morgan fingerprint density at radius 2 is 0.822 bits per heavy atom. The minimum absolute atomic E-state index is 0.0278. The summed E-state index contributed by atoms with van der Waals surface area (Å²) < 4.78 is 0. The van der Waals surface area contributed by atoms with E-state index in [1.165, 1.54) is 128 Å². The molecule has 0 saturated carbocycles. The Morgan fingerprint density at radius 1 is 0.489 bits per heavy atom. The van der Waals surface area contributed by atoms with Gasteiger partial charge in [0.2, 0.25) is 11.8 Å². The highest BCUT2D eigenvalue weighted by Gasteiger charge is 2.22. The highest BCUT2D eigenvalue weighted by atomic mass is 16.4. The number of carboxylic acids is 1. The Bertz CT molecular complexity index is 668. The summed E-state index contributed by atoms with van der Waals surface area (Å²) in [5.74, 6) is -1.23. The quantitative estimate of drug-likeness (QED) is 0.0678. The number of aliphatic carboxylic acids is 1. The fourth-order valence-corrected chi connectivity index (χ4v) is 6.13. The highest BCUT2D eigenvalue weighted by molar-refractivity contribution is 5.84. The van der Waals surface area contributed by atoms with Gasteiger partial charge in [0, 0.05) is 25.9 Å². The van der Waals surface area contributed by atoms with Crippen molar-refractivity contribution in [3.05, 3.63) is 0 Å². The number of unbranched alkanes of at least 4 members (excludes halogenated alkanes) is 24. The van der Waals surface area contributed by atoms with Gasteiger partial charge in [-0.2, -0.15) is 0 Å². The highest BCUT2D eigenvalue weighted by Crippen LogP contribution is 2.15. The maximum Gasteiger partial charge on any atom is 0.326 e. The maximum atomic E-state index is 13.1.